The van der Waals surface area contributed by atoms with Crippen LogP contribution in [0.15, 0.2) is 0 Å². The lowest BCUT2D eigenvalue weighted by molar-refractivity contribution is 0.0993. The zero-order valence-corrected chi connectivity index (χ0v) is 8.86. The first kappa shape index (κ1) is 10.1. The highest BCUT2D eigenvalue weighted by Gasteiger charge is 2.34. The number of unbranched alkanes of at least 4 members (excludes halogenated alkanes) is 2. The SMILES string of the molecule is CCCCC1(CCCC)CCC1. The normalized spacial score (nSPS) is 20.5. The summed E-state index contributed by atoms with van der Waals surface area (Å²) in [7, 11) is 0. The van der Waals surface area contributed by atoms with Crippen molar-refractivity contribution in [3.8, 4) is 0 Å². The Balaban J connectivity index is 2.19. The quantitative estimate of drug-likeness (QED) is 0.546. The maximum Gasteiger partial charge on any atom is -0.0297 e. The molecule has 0 aliphatic heterocycles. The topological polar surface area (TPSA) is 0 Å². The molecule has 0 nitrogen and oxygen atoms in total. The van der Waals surface area contributed by atoms with Crippen molar-refractivity contribution in [3.63, 3.8) is 0 Å². The minimum Gasteiger partial charge on any atom is -0.0654 e. The highest BCUT2D eigenvalue weighted by molar-refractivity contribution is 4.87. The predicted molar refractivity (Wildman–Crippen MR) is 55.3 cm³/mol. The molecule has 0 heteroatoms. The molecule has 0 amide bonds. The molecular weight excluding hydrogens is 144 g/mol. The number of hydrogen-bond acceptors (Lipinski definition) is 0. The van der Waals surface area contributed by atoms with E-state index in [9.17, 15) is 0 Å². The molecule has 0 radical (unpaired) electrons. The lowest BCUT2D eigenvalue weighted by atomic mass is 9.63. The van der Waals surface area contributed by atoms with E-state index in [4.69, 9.17) is 0 Å². The smallest absolute Gasteiger partial charge is 0.0297 e. The van der Waals surface area contributed by atoms with Gasteiger partial charge in [-0.3, -0.25) is 0 Å². The molecule has 1 aliphatic carbocycles. The van der Waals surface area contributed by atoms with E-state index in [0.29, 0.717) is 0 Å². The second kappa shape index (κ2) is 4.89. The fourth-order valence-corrected chi connectivity index (χ4v) is 2.41. The van der Waals surface area contributed by atoms with Gasteiger partial charge in [0.2, 0.25) is 0 Å². The third kappa shape index (κ3) is 2.50. The molecule has 0 unspecified atom stereocenters. The van der Waals surface area contributed by atoms with E-state index in [2.05, 4.69) is 13.8 Å². The Morgan fingerprint density at radius 1 is 0.917 bits per heavy atom. The zero-order valence-electron chi connectivity index (χ0n) is 8.86. The molecule has 0 aromatic rings. The molecule has 0 atom stereocenters. The summed E-state index contributed by atoms with van der Waals surface area (Å²) in [4.78, 5) is 0. The molecule has 0 spiro atoms. The molecule has 1 aliphatic rings. The Morgan fingerprint density at radius 3 is 1.67 bits per heavy atom. The molecule has 0 bridgehead atoms. The van der Waals surface area contributed by atoms with E-state index >= 15 is 0 Å². The molecule has 72 valence electrons. The third-order valence-corrected chi connectivity index (χ3v) is 3.54. The molecule has 1 rings (SSSR count). The van der Waals surface area contributed by atoms with Crippen LogP contribution >= 0.6 is 0 Å². The van der Waals surface area contributed by atoms with Crippen LogP contribution in [0.3, 0.4) is 0 Å². The second-order valence-electron chi connectivity index (χ2n) is 4.56. The minimum absolute atomic E-state index is 0.825. The third-order valence-electron chi connectivity index (χ3n) is 3.54. The largest absolute Gasteiger partial charge is 0.0654 e. The summed E-state index contributed by atoms with van der Waals surface area (Å²) in [6.07, 6.45) is 13.3. The minimum atomic E-state index is 0.825. The molecule has 0 heterocycles. The number of hydrogen-bond donors (Lipinski definition) is 0. The predicted octanol–water partition coefficient (Wildman–Crippen LogP) is 4.54. The highest BCUT2D eigenvalue weighted by Crippen LogP contribution is 2.48. The molecule has 1 fully saturated rings. The molecule has 0 N–H and O–H groups in total. The molecular formula is C12H24. The standard InChI is InChI=1S/C12H24/c1-3-5-8-12(9-6-4-2)10-7-11-12/h3-11H2,1-2H3. The van der Waals surface area contributed by atoms with E-state index in [1.54, 1.807) is 0 Å². The second-order valence-corrected chi connectivity index (χ2v) is 4.56. The summed E-state index contributed by atoms with van der Waals surface area (Å²) in [5.74, 6) is 0. The van der Waals surface area contributed by atoms with Gasteiger partial charge in [0, 0.05) is 0 Å². The monoisotopic (exact) mass is 168 g/mol. The van der Waals surface area contributed by atoms with E-state index in [-0.39, 0.29) is 0 Å². The van der Waals surface area contributed by atoms with Gasteiger partial charge < -0.3 is 0 Å². The molecule has 0 saturated heterocycles. The highest BCUT2D eigenvalue weighted by atomic mass is 14.4. The van der Waals surface area contributed by atoms with Crippen molar-refractivity contribution in [1.82, 2.24) is 0 Å². The lowest BCUT2D eigenvalue weighted by Crippen LogP contribution is -2.29. The average Bonchev–Trinajstić information content (AvgIpc) is 2.02. The molecule has 0 aromatic heterocycles. The number of rotatable bonds is 6. The van der Waals surface area contributed by atoms with Crippen molar-refractivity contribution in [2.45, 2.75) is 71.6 Å². The van der Waals surface area contributed by atoms with Crippen LogP contribution in [0.4, 0.5) is 0 Å². The van der Waals surface area contributed by atoms with Gasteiger partial charge in [0.15, 0.2) is 0 Å². The van der Waals surface area contributed by atoms with Crippen molar-refractivity contribution in [1.29, 1.82) is 0 Å². The van der Waals surface area contributed by atoms with Crippen LogP contribution in [0.5, 0.6) is 0 Å². The van der Waals surface area contributed by atoms with Gasteiger partial charge in [-0.1, -0.05) is 46.0 Å². The van der Waals surface area contributed by atoms with E-state index in [1.807, 2.05) is 0 Å². The Bertz CT molecular complexity index is 101. The molecule has 1 saturated carbocycles. The molecule has 0 aromatic carbocycles. The van der Waals surface area contributed by atoms with Crippen LogP contribution in [0.2, 0.25) is 0 Å². The van der Waals surface area contributed by atoms with Crippen molar-refractivity contribution < 1.29 is 0 Å². The van der Waals surface area contributed by atoms with E-state index < -0.39 is 0 Å². The van der Waals surface area contributed by atoms with Crippen LogP contribution < -0.4 is 0 Å². The van der Waals surface area contributed by atoms with Crippen molar-refractivity contribution in [3.05, 3.63) is 0 Å². The maximum absolute atomic E-state index is 2.31. The van der Waals surface area contributed by atoms with Gasteiger partial charge in [-0.15, -0.1) is 0 Å². The van der Waals surface area contributed by atoms with Crippen molar-refractivity contribution >= 4 is 0 Å². The Morgan fingerprint density at radius 2 is 1.42 bits per heavy atom. The first-order chi connectivity index (χ1) is 5.83. The average molecular weight is 168 g/mol. The maximum atomic E-state index is 2.31. The van der Waals surface area contributed by atoms with Crippen LogP contribution in [0.1, 0.15) is 71.6 Å². The Kier molecular flexibility index (Phi) is 4.11. The zero-order chi connectivity index (χ0) is 8.86. The van der Waals surface area contributed by atoms with Crippen LogP contribution in [-0.2, 0) is 0 Å². The van der Waals surface area contributed by atoms with Gasteiger partial charge in [0.1, 0.15) is 0 Å². The fourth-order valence-electron chi connectivity index (χ4n) is 2.41. The van der Waals surface area contributed by atoms with Gasteiger partial charge in [-0.2, -0.15) is 0 Å². The van der Waals surface area contributed by atoms with Crippen LogP contribution in [0.25, 0.3) is 0 Å². The van der Waals surface area contributed by atoms with Gasteiger partial charge >= 0.3 is 0 Å². The van der Waals surface area contributed by atoms with Crippen molar-refractivity contribution in [2.75, 3.05) is 0 Å². The van der Waals surface area contributed by atoms with Crippen LogP contribution in [-0.4, -0.2) is 0 Å². The molecule has 12 heavy (non-hydrogen) atoms. The Hall–Kier alpha value is 0. The summed E-state index contributed by atoms with van der Waals surface area (Å²) in [5.41, 5.74) is 0.825. The van der Waals surface area contributed by atoms with E-state index in [1.165, 1.54) is 57.8 Å². The van der Waals surface area contributed by atoms with E-state index in [0.717, 1.165) is 5.41 Å². The summed E-state index contributed by atoms with van der Waals surface area (Å²) < 4.78 is 0. The van der Waals surface area contributed by atoms with Crippen LogP contribution in [0, 0.1) is 5.41 Å². The summed E-state index contributed by atoms with van der Waals surface area (Å²) in [6.45, 7) is 4.62. The lowest BCUT2D eigenvalue weighted by Gasteiger charge is -2.42. The van der Waals surface area contributed by atoms with Gasteiger partial charge in [-0.25, -0.2) is 0 Å². The summed E-state index contributed by atoms with van der Waals surface area (Å²) in [5, 5.41) is 0. The first-order valence-electron chi connectivity index (χ1n) is 5.83. The van der Waals surface area contributed by atoms with Crippen molar-refractivity contribution in [2.24, 2.45) is 5.41 Å². The summed E-state index contributed by atoms with van der Waals surface area (Å²) in [6, 6.07) is 0. The fraction of sp³-hybridized carbons (Fsp3) is 1.00. The Labute approximate surface area is 77.7 Å². The summed E-state index contributed by atoms with van der Waals surface area (Å²) >= 11 is 0. The first-order valence-corrected chi connectivity index (χ1v) is 5.83. The van der Waals surface area contributed by atoms with Gasteiger partial charge in [0.25, 0.3) is 0 Å². The van der Waals surface area contributed by atoms with Gasteiger partial charge in [-0.05, 0) is 31.1 Å². The van der Waals surface area contributed by atoms with Gasteiger partial charge in [0.05, 0.1) is 0 Å².